The van der Waals surface area contributed by atoms with Gasteiger partial charge in [0.25, 0.3) is 5.91 Å². The molecule has 158 valence electrons. The van der Waals surface area contributed by atoms with Crippen LogP contribution in [0.2, 0.25) is 0 Å². The summed E-state index contributed by atoms with van der Waals surface area (Å²) in [7, 11) is 0. The second kappa shape index (κ2) is 8.36. The fourth-order valence-corrected chi connectivity index (χ4v) is 5.55. The second-order valence-corrected chi connectivity index (χ2v) is 9.28. The van der Waals surface area contributed by atoms with Crippen molar-refractivity contribution in [1.29, 1.82) is 0 Å². The molecule has 2 aliphatic heterocycles. The van der Waals surface area contributed by atoms with Gasteiger partial charge in [0.15, 0.2) is 5.17 Å². The van der Waals surface area contributed by atoms with Crippen LogP contribution in [0.25, 0.3) is 0 Å². The number of amidine groups is 1. The summed E-state index contributed by atoms with van der Waals surface area (Å²) < 4.78 is 13.5. The van der Waals surface area contributed by atoms with Crippen LogP contribution in [-0.2, 0) is 18.7 Å². The zero-order chi connectivity index (χ0) is 21.4. The van der Waals surface area contributed by atoms with E-state index in [-0.39, 0.29) is 18.0 Å². The van der Waals surface area contributed by atoms with Gasteiger partial charge in [-0.2, -0.15) is 5.10 Å². The fourth-order valence-electron chi connectivity index (χ4n) is 3.78. The van der Waals surface area contributed by atoms with Gasteiger partial charge in [-0.3, -0.25) is 20.0 Å². The van der Waals surface area contributed by atoms with Gasteiger partial charge in [-0.15, -0.1) is 11.3 Å². The third-order valence-electron chi connectivity index (χ3n) is 5.42. The van der Waals surface area contributed by atoms with E-state index in [0.717, 1.165) is 28.4 Å². The normalized spacial score (nSPS) is 17.3. The number of hydrogen-bond donors (Lipinski definition) is 1. The zero-order valence-corrected chi connectivity index (χ0v) is 18.5. The SMILES string of the molecule is CCc1ccc(CN2C(=O)c3sccc3N3C(SCc4cccc(F)c4)=NNC23)cc1. The van der Waals surface area contributed by atoms with Crippen LogP contribution < -0.4 is 10.3 Å². The standard InChI is InChI=1S/C23H21FN4OS2/c1-2-15-6-8-16(9-7-15)13-27-21(29)20-19(10-11-30-20)28-22(27)25-26-23(28)31-14-17-4-3-5-18(24)12-17/h3-12,22,25H,2,13-14H2,1H3. The molecule has 0 bridgehead atoms. The number of fused-ring (bicyclic) bond motifs is 3. The highest BCUT2D eigenvalue weighted by Crippen LogP contribution is 2.39. The molecular weight excluding hydrogens is 431 g/mol. The van der Waals surface area contributed by atoms with Gasteiger partial charge in [0, 0.05) is 12.3 Å². The molecule has 1 aromatic heterocycles. The summed E-state index contributed by atoms with van der Waals surface area (Å²) in [5.74, 6) is 0.351. The molecule has 3 aromatic rings. The van der Waals surface area contributed by atoms with Crippen molar-refractivity contribution in [3.8, 4) is 0 Å². The lowest BCUT2D eigenvalue weighted by Crippen LogP contribution is -2.57. The van der Waals surface area contributed by atoms with Gasteiger partial charge in [0.1, 0.15) is 10.7 Å². The highest BCUT2D eigenvalue weighted by Gasteiger charge is 2.43. The number of carbonyl (C=O) groups is 1. The highest BCUT2D eigenvalue weighted by atomic mass is 32.2. The molecule has 1 amide bonds. The van der Waals surface area contributed by atoms with E-state index in [2.05, 4.69) is 46.6 Å². The second-order valence-electron chi connectivity index (χ2n) is 7.42. The predicted octanol–water partition coefficient (Wildman–Crippen LogP) is 5.00. The number of thioether (sulfide) groups is 1. The lowest BCUT2D eigenvalue weighted by molar-refractivity contribution is 0.0629. The number of rotatable bonds is 5. The molecule has 5 rings (SSSR count). The Morgan fingerprint density at radius 3 is 2.71 bits per heavy atom. The molecule has 31 heavy (non-hydrogen) atoms. The minimum atomic E-state index is -0.379. The van der Waals surface area contributed by atoms with E-state index in [0.29, 0.717) is 17.2 Å². The Morgan fingerprint density at radius 1 is 1.13 bits per heavy atom. The smallest absolute Gasteiger partial charge is 0.269 e. The van der Waals surface area contributed by atoms with E-state index in [1.165, 1.54) is 40.8 Å². The van der Waals surface area contributed by atoms with Crippen molar-refractivity contribution in [1.82, 2.24) is 10.3 Å². The van der Waals surface area contributed by atoms with Crippen molar-refractivity contribution < 1.29 is 9.18 Å². The van der Waals surface area contributed by atoms with Crippen LogP contribution in [0.4, 0.5) is 10.1 Å². The quantitative estimate of drug-likeness (QED) is 0.592. The zero-order valence-electron chi connectivity index (χ0n) is 16.9. The Kier molecular flexibility index (Phi) is 5.41. The van der Waals surface area contributed by atoms with E-state index < -0.39 is 0 Å². The van der Waals surface area contributed by atoms with Gasteiger partial charge < -0.3 is 0 Å². The van der Waals surface area contributed by atoms with Crippen LogP contribution in [0.1, 0.15) is 33.3 Å². The van der Waals surface area contributed by atoms with Gasteiger partial charge >= 0.3 is 0 Å². The maximum Gasteiger partial charge on any atom is 0.269 e. The summed E-state index contributed by atoms with van der Waals surface area (Å²) in [5.41, 5.74) is 7.25. The van der Waals surface area contributed by atoms with E-state index in [1.54, 1.807) is 6.07 Å². The average Bonchev–Trinajstić information content (AvgIpc) is 3.43. The highest BCUT2D eigenvalue weighted by molar-refractivity contribution is 8.13. The molecule has 2 aliphatic rings. The van der Waals surface area contributed by atoms with Crippen molar-refractivity contribution in [2.24, 2.45) is 5.10 Å². The Labute approximate surface area is 188 Å². The predicted molar refractivity (Wildman–Crippen MR) is 125 cm³/mol. The van der Waals surface area contributed by atoms with E-state index >= 15 is 0 Å². The Balaban J connectivity index is 1.39. The number of nitrogens with zero attached hydrogens (tertiary/aromatic N) is 3. The van der Waals surface area contributed by atoms with E-state index in [1.807, 2.05) is 22.4 Å². The third-order valence-corrected chi connectivity index (χ3v) is 7.34. The molecule has 8 heteroatoms. The molecule has 3 heterocycles. The number of aryl methyl sites for hydroxylation is 1. The summed E-state index contributed by atoms with van der Waals surface area (Å²) in [5, 5.41) is 7.23. The van der Waals surface area contributed by atoms with Crippen LogP contribution in [0.5, 0.6) is 0 Å². The number of halogens is 1. The van der Waals surface area contributed by atoms with Crippen LogP contribution >= 0.6 is 23.1 Å². The van der Waals surface area contributed by atoms with Gasteiger partial charge in [0.05, 0.1) is 5.69 Å². The van der Waals surface area contributed by atoms with Gasteiger partial charge in [-0.1, -0.05) is 55.1 Å². The molecular formula is C23H21FN4OS2. The van der Waals surface area contributed by atoms with Crippen molar-refractivity contribution in [2.75, 3.05) is 4.90 Å². The molecule has 0 saturated heterocycles. The number of anilines is 1. The molecule has 1 atom stereocenters. The minimum Gasteiger partial charge on any atom is -0.294 e. The molecule has 0 saturated carbocycles. The number of hydrazone groups is 1. The minimum absolute atomic E-state index is 0.00454. The summed E-state index contributed by atoms with van der Waals surface area (Å²) in [4.78, 5) is 17.8. The monoisotopic (exact) mass is 452 g/mol. The molecule has 5 nitrogen and oxygen atoms in total. The Bertz CT molecular complexity index is 1140. The van der Waals surface area contributed by atoms with Crippen molar-refractivity contribution in [2.45, 2.75) is 31.9 Å². The number of benzene rings is 2. The van der Waals surface area contributed by atoms with Crippen molar-refractivity contribution >= 4 is 39.9 Å². The lowest BCUT2D eigenvalue weighted by atomic mass is 10.1. The van der Waals surface area contributed by atoms with Crippen LogP contribution in [0, 0.1) is 5.82 Å². The maximum absolute atomic E-state index is 13.5. The lowest BCUT2D eigenvalue weighted by Gasteiger charge is -2.39. The maximum atomic E-state index is 13.5. The van der Waals surface area contributed by atoms with E-state index in [4.69, 9.17) is 0 Å². The number of thiophene rings is 1. The van der Waals surface area contributed by atoms with Gasteiger partial charge in [-0.05, 0) is 46.7 Å². The fraction of sp³-hybridized carbons (Fsp3) is 0.217. The van der Waals surface area contributed by atoms with Crippen molar-refractivity contribution in [3.05, 3.63) is 87.4 Å². The number of carbonyl (C=O) groups excluding carboxylic acids is 1. The first kappa shape index (κ1) is 20.1. The largest absolute Gasteiger partial charge is 0.294 e. The number of amides is 1. The molecule has 1 unspecified atom stereocenters. The van der Waals surface area contributed by atoms with Gasteiger partial charge in [0.2, 0.25) is 6.29 Å². The van der Waals surface area contributed by atoms with Gasteiger partial charge in [-0.25, -0.2) is 4.39 Å². The average molecular weight is 453 g/mol. The van der Waals surface area contributed by atoms with Crippen molar-refractivity contribution in [3.63, 3.8) is 0 Å². The summed E-state index contributed by atoms with van der Waals surface area (Å²) >= 11 is 2.97. The molecule has 2 aromatic carbocycles. The summed E-state index contributed by atoms with van der Waals surface area (Å²) in [6, 6.07) is 16.9. The first-order valence-corrected chi connectivity index (χ1v) is 12.0. The third kappa shape index (κ3) is 3.81. The summed E-state index contributed by atoms with van der Waals surface area (Å²) in [6.45, 7) is 2.62. The topological polar surface area (TPSA) is 47.9 Å². The molecule has 0 fully saturated rings. The van der Waals surface area contributed by atoms with E-state index in [9.17, 15) is 9.18 Å². The molecule has 0 spiro atoms. The van der Waals surface area contributed by atoms with Crippen LogP contribution in [0.15, 0.2) is 65.1 Å². The molecule has 0 aliphatic carbocycles. The summed E-state index contributed by atoms with van der Waals surface area (Å²) in [6.07, 6.45) is 0.606. The first-order chi connectivity index (χ1) is 15.1. The van der Waals surface area contributed by atoms with Crippen LogP contribution in [0.3, 0.4) is 0 Å². The Hall–Kier alpha value is -2.84. The number of nitrogens with one attached hydrogen (secondary N) is 1. The number of hydrogen-bond acceptors (Lipinski definition) is 6. The molecule has 0 radical (unpaired) electrons. The first-order valence-electron chi connectivity index (χ1n) is 10.1. The Morgan fingerprint density at radius 2 is 1.94 bits per heavy atom. The van der Waals surface area contributed by atoms with Crippen LogP contribution in [-0.4, -0.2) is 22.3 Å². The molecule has 1 N–H and O–H groups in total.